The fourth-order valence-corrected chi connectivity index (χ4v) is 3.24. The summed E-state index contributed by atoms with van der Waals surface area (Å²) < 4.78 is 5.90. The van der Waals surface area contributed by atoms with Gasteiger partial charge in [-0.15, -0.1) is 0 Å². The Balaban J connectivity index is 1.81. The molecule has 0 aromatic heterocycles. The van der Waals surface area contributed by atoms with Crippen LogP contribution >= 0.6 is 11.6 Å². The number of piperidine rings is 1. The molecule has 2 amide bonds. The summed E-state index contributed by atoms with van der Waals surface area (Å²) in [6.45, 7) is 9.10. The first-order valence-corrected chi connectivity index (χ1v) is 9.34. The van der Waals surface area contributed by atoms with Gasteiger partial charge in [0.05, 0.1) is 0 Å². The number of ether oxygens (including phenoxy) is 1. The van der Waals surface area contributed by atoms with Crippen LogP contribution in [0.25, 0.3) is 0 Å². The maximum absolute atomic E-state index is 12.8. The van der Waals surface area contributed by atoms with Gasteiger partial charge >= 0.3 is 0 Å². The fourth-order valence-electron chi connectivity index (χ4n) is 3.12. The average molecular weight is 379 g/mol. The summed E-state index contributed by atoms with van der Waals surface area (Å²) in [5.41, 5.74) is -0.932. The molecule has 0 aliphatic carbocycles. The Morgan fingerprint density at radius 3 is 2.50 bits per heavy atom. The van der Waals surface area contributed by atoms with Crippen LogP contribution in [0.2, 0.25) is 5.02 Å². The van der Waals surface area contributed by atoms with Crippen LogP contribution in [0.4, 0.5) is 0 Å². The summed E-state index contributed by atoms with van der Waals surface area (Å²) >= 11 is 5.88. The molecule has 1 fully saturated rings. The number of nitrogens with zero attached hydrogens (tertiary/aromatic N) is 1. The number of nitrogens with one attached hydrogen (secondary N) is 1. The quantitative estimate of drug-likeness (QED) is 0.739. The maximum Gasteiger partial charge on any atom is 0.266 e. The number of hydrogen-bond donors (Lipinski definition) is 1. The van der Waals surface area contributed by atoms with Crippen molar-refractivity contribution >= 4 is 23.4 Å². The Kier molecular flexibility index (Phi) is 7.09. The molecule has 1 N–H and O–H groups in total. The number of amides is 2. The zero-order valence-electron chi connectivity index (χ0n) is 15.5. The second kappa shape index (κ2) is 9.08. The van der Waals surface area contributed by atoms with Crippen molar-refractivity contribution in [2.75, 3.05) is 19.6 Å². The third kappa shape index (κ3) is 5.77. The Morgan fingerprint density at radius 1 is 1.31 bits per heavy atom. The Hall–Kier alpha value is -2.01. The first-order valence-electron chi connectivity index (χ1n) is 8.96. The molecule has 1 aliphatic rings. The van der Waals surface area contributed by atoms with Crippen LogP contribution in [0, 0.1) is 5.92 Å². The molecule has 6 heteroatoms. The third-order valence-corrected chi connectivity index (χ3v) is 4.89. The lowest BCUT2D eigenvalue weighted by molar-refractivity contribution is -0.147. The van der Waals surface area contributed by atoms with Gasteiger partial charge in [-0.25, -0.2) is 0 Å². The van der Waals surface area contributed by atoms with Crippen molar-refractivity contribution in [1.82, 2.24) is 10.2 Å². The van der Waals surface area contributed by atoms with E-state index in [1.165, 1.54) is 6.08 Å². The van der Waals surface area contributed by atoms with Gasteiger partial charge < -0.3 is 15.0 Å². The molecule has 0 bridgehead atoms. The highest BCUT2D eigenvalue weighted by molar-refractivity contribution is 6.30. The molecule has 1 saturated heterocycles. The highest BCUT2D eigenvalue weighted by atomic mass is 35.5. The Bertz CT molecular complexity index is 635. The summed E-state index contributed by atoms with van der Waals surface area (Å²) in [6, 6.07) is 7.02. The number of benzene rings is 1. The van der Waals surface area contributed by atoms with E-state index in [9.17, 15) is 9.59 Å². The predicted octanol–water partition coefficient (Wildman–Crippen LogP) is 3.43. The second-order valence-electron chi connectivity index (χ2n) is 7.09. The van der Waals surface area contributed by atoms with E-state index in [0.29, 0.717) is 36.3 Å². The van der Waals surface area contributed by atoms with E-state index >= 15 is 0 Å². The van der Waals surface area contributed by atoms with Gasteiger partial charge in [0.1, 0.15) is 5.75 Å². The minimum atomic E-state index is -0.932. The Morgan fingerprint density at radius 2 is 1.92 bits per heavy atom. The van der Waals surface area contributed by atoms with E-state index in [4.69, 9.17) is 16.3 Å². The molecular formula is C20H27ClN2O3. The topological polar surface area (TPSA) is 58.6 Å². The monoisotopic (exact) mass is 378 g/mol. The van der Waals surface area contributed by atoms with Crippen LogP contribution in [0.5, 0.6) is 5.75 Å². The van der Waals surface area contributed by atoms with Crippen molar-refractivity contribution in [2.45, 2.75) is 38.7 Å². The summed E-state index contributed by atoms with van der Waals surface area (Å²) in [6.07, 6.45) is 4.08. The third-order valence-electron chi connectivity index (χ3n) is 4.64. The molecule has 0 spiro atoms. The number of carbonyl (C=O) groups is 2. The smallest absolute Gasteiger partial charge is 0.266 e. The minimum absolute atomic E-state index is 0.00846. The number of likely N-dealkylation sites (tertiary alicyclic amines) is 1. The Labute approximate surface area is 160 Å². The standard InChI is InChI=1S/C20H27ClN2O3/c1-4-18(24)22-12-9-15-10-13-23(14-11-15)19(25)20(2,3)26-17-7-5-16(21)6-8-17/h4-8,15H,1,9-14H2,2-3H3,(H,22,24). The molecular weight excluding hydrogens is 352 g/mol. The highest BCUT2D eigenvalue weighted by Crippen LogP contribution is 2.26. The van der Waals surface area contributed by atoms with E-state index < -0.39 is 5.60 Å². The fraction of sp³-hybridized carbons (Fsp3) is 0.500. The van der Waals surface area contributed by atoms with E-state index in [0.717, 1.165) is 19.3 Å². The molecule has 1 aromatic carbocycles. The SMILES string of the molecule is C=CC(=O)NCCC1CCN(C(=O)C(C)(C)Oc2ccc(Cl)cc2)CC1. The number of hydrogen-bond acceptors (Lipinski definition) is 3. The average Bonchev–Trinajstić information content (AvgIpc) is 2.63. The molecule has 142 valence electrons. The molecule has 1 aliphatic heterocycles. The van der Waals surface area contributed by atoms with Crippen LogP contribution in [-0.2, 0) is 9.59 Å². The van der Waals surface area contributed by atoms with Crippen LogP contribution in [-0.4, -0.2) is 41.9 Å². The largest absolute Gasteiger partial charge is 0.478 e. The van der Waals surface area contributed by atoms with Crippen molar-refractivity contribution in [3.8, 4) is 5.75 Å². The molecule has 26 heavy (non-hydrogen) atoms. The molecule has 0 saturated carbocycles. The zero-order valence-corrected chi connectivity index (χ0v) is 16.2. The predicted molar refractivity (Wildman–Crippen MR) is 103 cm³/mol. The van der Waals surface area contributed by atoms with Crippen LogP contribution in [0.1, 0.15) is 33.1 Å². The maximum atomic E-state index is 12.8. The van der Waals surface area contributed by atoms with Crippen LogP contribution in [0.15, 0.2) is 36.9 Å². The first kappa shape index (κ1) is 20.3. The lowest BCUT2D eigenvalue weighted by Gasteiger charge is -2.37. The van der Waals surface area contributed by atoms with Gasteiger partial charge in [0, 0.05) is 24.7 Å². The summed E-state index contributed by atoms with van der Waals surface area (Å²) in [5, 5.41) is 3.43. The van der Waals surface area contributed by atoms with Gasteiger partial charge in [-0.3, -0.25) is 9.59 Å². The van der Waals surface area contributed by atoms with E-state index in [1.807, 2.05) is 4.90 Å². The highest BCUT2D eigenvalue weighted by Gasteiger charge is 2.35. The van der Waals surface area contributed by atoms with Gasteiger partial charge in [0.15, 0.2) is 5.60 Å². The summed E-state index contributed by atoms with van der Waals surface area (Å²) in [4.78, 5) is 25.9. The molecule has 0 unspecified atom stereocenters. The number of rotatable bonds is 7. The minimum Gasteiger partial charge on any atom is -0.478 e. The van der Waals surface area contributed by atoms with Crippen molar-refractivity contribution in [3.05, 3.63) is 41.9 Å². The molecule has 0 radical (unpaired) electrons. The van der Waals surface area contributed by atoms with Gasteiger partial charge in [0.25, 0.3) is 5.91 Å². The summed E-state index contributed by atoms with van der Waals surface area (Å²) in [5.74, 6) is 0.995. The van der Waals surface area contributed by atoms with Crippen LogP contribution < -0.4 is 10.1 Å². The van der Waals surface area contributed by atoms with Crippen molar-refractivity contribution in [3.63, 3.8) is 0 Å². The van der Waals surface area contributed by atoms with E-state index in [-0.39, 0.29) is 11.8 Å². The lowest BCUT2D eigenvalue weighted by Crippen LogP contribution is -2.51. The molecule has 2 rings (SSSR count). The van der Waals surface area contributed by atoms with Gasteiger partial charge in [0.2, 0.25) is 5.91 Å². The molecule has 1 aromatic rings. The second-order valence-corrected chi connectivity index (χ2v) is 7.52. The van der Waals surface area contributed by atoms with Gasteiger partial charge in [-0.1, -0.05) is 18.2 Å². The van der Waals surface area contributed by atoms with Crippen molar-refractivity contribution in [2.24, 2.45) is 5.92 Å². The van der Waals surface area contributed by atoms with E-state index in [1.54, 1.807) is 38.1 Å². The zero-order chi connectivity index (χ0) is 19.2. The number of halogens is 1. The summed E-state index contributed by atoms with van der Waals surface area (Å²) in [7, 11) is 0. The lowest BCUT2D eigenvalue weighted by atomic mass is 9.92. The van der Waals surface area contributed by atoms with Gasteiger partial charge in [-0.2, -0.15) is 0 Å². The molecule has 5 nitrogen and oxygen atoms in total. The first-order chi connectivity index (χ1) is 12.3. The van der Waals surface area contributed by atoms with Gasteiger partial charge in [-0.05, 0) is 69.4 Å². The normalized spacial score (nSPS) is 15.4. The van der Waals surface area contributed by atoms with Crippen LogP contribution in [0.3, 0.4) is 0 Å². The van der Waals surface area contributed by atoms with Crippen molar-refractivity contribution < 1.29 is 14.3 Å². The van der Waals surface area contributed by atoms with E-state index in [2.05, 4.69) is 11.9 Å². The van der Waals surface area contributed by atoms with Crippen molar-refractivity contribution in [1.29, 1.82) is 0 Å². The molecule has 0 atom stereocenters. The molecule has 1 heterocycles. The number of carbonyl (C=O) groups excluding carboxylic acids is 2.